The minimum absolute atomic E-state index is 0.0173. The third kappa shape index (κ3) is 2.35. The molecule has 4 rings (SSSR count). The first kappa shape index (κ1) is 18.8. The van der Waals surface area contributed by atoms with Crippen molar-refractivity contribution >= 4 is 12.1 Å². The van der Waals surface area contributed by atoms with Gasteiger partial charge in [-0.2, -0.15) is 0 Å². The van der Waals surface area contributed by atoms with E-state index in [0.717, 1.165) is 38.5 Å². The Balaban J connectivity index is 1.75. The summed E-state index contributed by atoms with van der Waals surface area (Å²) >= 11 is 0. The average Bonchev–Trinajstić information content (AvgIpc) is 2.98. The van der Waals surface area contributed by atoms with E-state index in [9.17, 15) is 9.59 Å². The lowest BCUT2D eigenvalue weighted by atomic mass is 9.45. The fraction of sp³-hybridized carbons (Fsp3) is 0.818. The molecule has 0 aromatic heterocycles. The van der Waals surface area contributed by atoms with Crippen LogP contribution in [-0.2, 0) is 19.0 Å². The number of methoxy groups -OCH3 is 1. The van der Waals surface area contributed by atoms with Crippen LogP contribution in [-0.4, -0.2) is 30.9 Å². The van der Waals surface area contributed by atoms with Gasteiger partial charge in [0, 0.05) is 0 Å². The van der Waals surface area contributed by atoms with Gasteiger partial charge in [-0.15, -0.1) is 0 Å². The van der Waals surface area contributed by atoms with E-state index < -0.39 is 17.2 Å². The van der Waals surface area contributed by atoms with Crippen LogP contribution in [0.25, 0.3) is 0 Å². The molecule has 0 amide bonds. The van der Waals surface area contributed by atoms with E-state index in [1.165, 1.54) is 12.7 Å². The molecule has 1 heterocycles. The smallest absolute Gasteiger partial charge is 0.469 e. The molecule has 1 saturated heterocycles. The third-order valence-corrected chi connectivity index (χ3v) is 8.45. The Hall–Kier alpha value is -1.52. The number of rotatable bonds is 2. The van der Waals surface area contributed by atoms with Gasteiger partial charge < -0.3 is 14.2 Å². The predicted molar refractivity (Wildman–Crippen MR) is 99.9 cm³/mol. The molecule has 5 nitrogen and oxygen atoms in total. The zero-order valence-electron chi connectivity index (χ0n) is 17.2. The number of hydrogen-bond acceptors (Lipinski definition) is 5. The zero-order chi connectivity index (χ0) is 19.6. The van der Waals surface area contributed by atoms with Crippen molar-refractivity contribution < 1.29 is 23.8 Å². The van der Waals surface area contributed by atoms with Gasteiger partial charge in [0.2, 0.25) is 0 Å². The SMILES string of the molecule is COC(=O)[C@]1(C)CCC[C@@]2(C)[C@H]1CC=C1[C@@H]2CC[C@@]2(C(C)C)OC(=O)O[C@@H]12. The highest BCUT2D eigenvalue weighted by atomic mass is 16.8. The van der Waals surface area contributed by atoms with Crippen molar-refractivity contribution in [3.8, 4) is 0 Å². The minimum Gasteiger partial charge on any atom is -0.469 e. The zero-order valence-corrected chi connectivity index (χ0v) is 17.2. The highest BCUT2D eigenvalue weighted by Crippen LogP contribution is 2.64. The Labute approximate surface area is 161 Å². The molecule has 0 spiro atoms. The second-order valence-corrected chi connectivity index (χ2v) is 9.81. The van der Waals surface area contributed by atoms with Crippen LogP contribution in [0.1, 0.15) is 66.2 Å². The Morgan fingerprint density at radius 3 is 2.67 bits per heavy atom. The molecule has 1 aliphatic heterocycles. The van der Waals surface area contributed by atoms with E-state index in [1.807, 2.05) is 0 Å². The maximum absolute atomic E-state index is 12.7. The summed E-state index contributed by atoms with van der Waals surface area (Å²) in [5.74, 6) is 0.697. The minimum atomic E-state index is -0.539. The molecule has 27 heavy (non-hydrogen) atoms. The second kappa shape index (κ2) is 5.99. The molecule has 3 aliphatic carbocycles. The largest absolute Gasteiger partial charge is 0.509 e. The van der Waals surface area contributed by atoms with Gasteiger partial charge in [-0.3, -0.25) is 4.79 Å². The number of esters is 1. The Morgan fingerprint density at radius 1 is 1.26 bits per heavy atom. The first-order chi connectivity index (χ1) is 12.7. The number of hydrogen-bond donors (Lipinski definition) is 0. The maximum atomic E-state index is 12.7. The monoisotopic (exact) mass is 376 g/mol. The average molecular weight is 376 g/mol. The van der Waals surface area contributed by atoms with Crippen molar-refractivity contribution in [3.05, 3.63) is 11.6 Å². The first-order valence-corrected chi connectivity index (χ1v) is 10.4. The molecule has 0 radical (unpaired) electrons. The van der Waals surface area contributed by atoms with Crippen LogP contribution in [0, 0.1) is 28.6 Å². The number of allylic oxidation sites excluding steroid dienone is 1. The Morgan fingerprint density at radius 2 is 2.00 bits per heavy atom. The lowest BCUT2D eigenvalue weighted by molar-refractivity contribution is -0.168. The van der Waals surface area contributed by atoms with E-state index in [1.54, 1.807) is 0 Å². The normalized spacial score (nSPS) is 45.8. The fourth-order valence-electron chi connectivity index (χ4n) is 6.94. The van der Waals surface area contributed by atoms with Crippen molar-refractivity contribution in [1.29, 1.82) is 0 Å². The summed E-state index contributed by atoms with van der Waals surface area (Å²) < 4.78 is 16.7. The van der Waals surface area contributed by atoms with Crippen molar-refractivity contribution in [3.63, 3.8) is 0 Å². The molecule has 0 aromatic rings. The summed E-state index contributed by atoms with van der Waals surface area (Å²) in [6.07, 6.45) is 7.07. The molecule has 3 fully saturated rings. The summed E-state index contributed by atoms with van der Waals surface area (Å²) in [5, 5.41) is 0. The molecule has 0 unspecified atom stereocenters. The van der Waals surface area contributed by atoms with Crippen molar-refractivity contribution in [2.24, 2.45) is 28.6 Å². The summed E-state index contributed by atoms with van der Waals surface area (Å²) in [7, 11) is 1.50. The predicted octanol–water partition coefficient (Wildman–Crippen LogP) is 4.64. The highest BCUT2D eigenvalue weighted by molar-refractivity contribution is 5.77. The van der Waals surface area contributed by atoms with Crippen molar-refractivity contribution in [1.82, 2.24) is 0 Å². The molecule has 2 saturated carbocycles. The van der Waals surface area contributed by atoms with Crippen LogP contribution in [0.3, 0.4) is 0 Å². The lowest BCUT2D eigenvalue weighted by Gasteiger charge is -2.59. The summed E-state index contributed by atoms with van der Waals surface area (Å²) in [5.41, 5.74) is 0.264. The van der Waals surface area contributed by atoms with E-state index in [-0.39, 0.29) is 29.3 Å². The quantitative estimate of drug-likeness (QED) is 0.519. The van der Waals surface area contributed by atoms with Crippen LogP contribution in [0.2, 0.25) is 0 Å². The Kier molecular flexibility index (Phi) is 4.17. The van der Waals surface area contributed by atoms with Crippen LogP contribution < -0.4 is 0 Å². The second-order valence-electron chi connectivity index (χ2n) is 9.81. The number of ether oxygens (including phenoxy) is 3. The summed E-state index contributed by atoms with van der Waals surface area (Å²) in [4.78, 5) is 24.7. The Bertz CT molecular complexity index is 697. The molecule has 0 N–H and O–H groups in total. The molecule has 150 valence electrons. The number of carbonyl (C=O) groups is 2. The molecular weight excluding hydrogens is 344 g/mol. The summed E-state index contributed by atoms with van der Waals surface area (Å²) in [6, 6.07) is 0. The first-order valence-electron chi connectivity index (χ1n) is 10.4. The topological polar surface area (TPSA) is 61.8 Å². The van der Waals surface area contributed by atoms with Crippen LogP contribution in [0.15, 0.2) is 11.6 Å². The van der Waals surface area contributed by atoms with Crippen LogP contribution in [0.5, 0.6) is 0 Å². The van der Waals surface area contributed by atoms with Gasteiger partial charge in [0.15, 0.2) is 11.7 Å². The van der Waals surface area contributed by atoms with Crippen LogP contribution >= 0.6 is 0 Å². The van der Waals surface area contributed by atoms with Crippen molar-refractivity contribution in [2.45, 2.75) is 77.9 Å². The van der Waals surface area contributed by atoms with Gasteiger partial charge in [0.1, 0.15) is 0 Å². The molecule has 6 atom stereocenters. The van der Waals surface area contributed by atoms with E-state index in [4.69, 9.17) is 14.2 Å². The maximum Gasteiger partial charge on any atom is 0.509 e. The molecular formula is C22H32O5. The standard InChI is InChI=1S/C22H32O5/c1-13(2)22-12-9-15-14(17(22)26-19(24)27-22)7-8-16-20(15,3)10-6-11-21(16,4)18(23)25-5/h7,13,15-17H,6,8-12H2,1-5H3/t15-,16+,17-,20+,21+,22-/m0/s1. The van der Waals surface area contributed by atoms with Gasteiger partial charge in [0.05, 0.1) is 12.5 Å². The van der Waals surface area contributed by atoms with E-state index in [0.29, 0.717) is 5.92 Å². The molecule has 0 bridgehead atoms. The van der Waals surface area contributed by atoms with Gasteiger partial charge in [-0.05, 0) is 67.8 Å². The van der Waals surface area contributed by atoms with Gasteiger partial charge >= 0.3 is 12.1 Å². The molecule has 4 aliphatic rings. The van der Waals surface area contributed by atoms with Gasteiger partial charge in [0.25, 0.3) is 0 Å². The highest BCUT2D eigenvalue weighted by Gasteiger charge is 2.65. The van der Waals surface area contributed by atoms with Gasteiger partial charge in [-0.1, -0.05) is 33.3 Å². The number of carbonyl (C=O) groups excluding carboxylic acids is 2. The van der Waals surface area contributed by atoms with E-state index in [2.05, 4.69) is 33.8 Å². The summed E-state index contributed by atoms with van der Waals surface area (Å²) in [6.45, 7) is 8.64. The fourth-order valence-corrected chi connectivity index (χ4v) is 6.94. The number of fused-ring (bicyclic) bond motifs is 5. The molecule has 5 heteroatoms. The van der Waals surface area contributed by atoms with Gasteiger partial charge in [-0.25, -0.2) is 4.79 Å². The van der Waals surface area contributed by atoms with Crippen molar-refractivity contribution in [2.75, 3.05) is 7.11 Å². The molecule has 0 aromatic carbocycles. The van der Waals surface area contributed by atoms with Crippen LogP contribution in [0.4, 0.5) is 4.79 Å². The van der Waals surface area contributed by atoms with E-state index >= 15 is 0 Å². The lowest BCUT2D eigenvalue weighted by Crippen LogP contribution is -2.58. The third-order valence-electron chi connectivity index (χ3n) is 8.45.